The molecule has 3 aromatic rings. The van der Waals surface area contributed by atoms with E-state index in [1.165, 1.54) is 24.3 Å². The fraction of sp³-hybridized carbons (Fsp3) is 0.269. The smallest absolute Gasteiger partial charge is 0.319 e. The summed E-state index contributed by atoms with van der Waals surface area (Å²) in [5.41, 5.74) is 1.88. The molecule has 2 amide bonds. The third-order valence-electron chi connectivity index (χ3n) is 5.28. The first-order chi connectivity index (χ1) is 16.3. The zero-order chi connectivity index (χ0) is 25.8. The Morgan fingerprint density at radius 1 is 0.971 bits per heavy atom. The predicted octanol–water partition coefficient (Wildman–Crippen LogP) is 6.16. The minimum atomic E-state index is -3.58. The molecule has 1 atom stereocenters. The van der Waals surface area contributed by atoms with E-state index in [4.69, 9.17) is 23.2 Å². The maximum Gasteiger partial charge on any atom is 0.319 e. The van der Waals surface area contributed by atoms with Crippen LogP contribution in [-0.4, -0.2) is 25.2 Å². The maximum atomic E-state index is 12.8. The van der Waals surface area contributed by atoms with Crippen molar-refractivity contribution in [2.45, 2.75) is 49.5 Å². The number of carbonyl (C=O) groups is 1. The van der Waals surface area contributed by atoms with Gasteiger partial charge in [0.2, 0.25) is 0 Å². The molecule has 0 aliphatic heterocycles. The first-order valence-corrected chi connectivity index (χ1v) is 13.4. The van der Waals surface area contributed by atoms with E-state index >= 15 is 0 Å². The number of sulfone groups is 1. The van der Waals surface area contributed by atoms with Crippen molar-refractivity contribution in [1.29, 1.82) is 0 Å². The number of hydrogen-bond donors (Lipinski definition) is 3. The average Bonchev–Trinajstić information content (AvgIpc) is 2.76. The highest BCUT2D eigenvalue weighted by atomic mass is 35.5. The highest BCUT2D eigenvalue weighted by Gasteiger charge is 2.18. The molecule has 0 radical (unpaired) electrons. The normalized spacial score (nSPS) is 12.7. The Bertz CT molecular complexity index is 1290. The SMILES string of the molecule is C[C@H](NC(=O)Nc1ccc(S(=O)(=O)Cc2ccc(CC(C)(C)O)cc2)cc1)c1cccc(Cl)c1Cl. The molecule has 0 spiro atoms. The fourth-order valence-electron chi connectivity index (χ4n) is 3.60. The summed E-state index contributed by atoms with van der Waals surface area (Å²) in [6, 6.07) is 17.5. The second kappa shape index (κ2) is 11.0. The van der Waals surface area contributed by atoms with Crippen molar-refractivity contribution in [3.05, 3.63) is 93.5 Å². The Labute approximate surface area is 216 Å². The zero-order valence-electron chi connectivity index (χ0n) is 19.7. The number of hydrogen-bond acceptors (Lipinski definition) is 4. The molecule has 6 nitrogen and oxygen atoms in total. The van der Waals surface area contributed by atoms with Gasteiger partial charge in [-0.15, -0.1) is 0 Å². The quantitative estimate of drug-likeness (QED) is 0.322. The summed E-state index contributed by atoms with van der Waals surface area (Å²) in [6.45, 7) is 5.23. The molecule has 35 heavy (non-hydrogen) atoms. The molecule has 0 aliphatic rings. The zero-order valence-corrected chi connectivity index (χ0v) is 22.0. The van der Waals surface area contributed by atoms with Crippen LogP contribution < -0.4 is 10.6 Å². The van der Waals surface area contributed by atoms with Crippen LogP contribution in [0, 0.1) is 0 Å². The van der Waals surface area contributed by atoms with Gasteiger partial charge in [-0.25, -0.2) is 13.2 Å². The molecule has 0 aliphatic carbocycles. The van der Waals surface area contributed by atoms with Crippen LogP contribution in [0.2, 0.25) is 10.0 Å². The second-order valence-corrected chi connectivity index (χ2v) is 11.8. The van der Waals surface area contributed by atoms with Crippen LogP contribution in [0.25, 0.3) is 0 Å². The van der Waals surface area contributed by atoms with Gasteiger partial charge in [-0.1, -0.05) is 59.6 Å². The van der Waals surface area contributed by atoms with E-state index in [9.17, 15) is 18.3 Å². The number of nitrogens with one attached hydrogen (secondary N) is 2. The number of anilines is 1. The highest BCUT2D eigenvalue weighted by Crippen LogP contribution is 2.29. The first-order valence-electron chi connectivity index (χ1n) is 11.0. The highest BCUT2D eigenvalue weighted by molar-refractivity contribution is 7.90. The summed E-state index contributed by atoms with van der Waals surface area (Å²) in [5, 5.41) is 16.2. The molecule has 0 fully saturated rings. The van der Waals surface area contributed by atoms with Gasteiger partial charge in [0.05, 0.1) is 32.3 Å². The molecule has 3 N–H and O–H groups in total. The van der Waals surface area contributed by atoms with Gasteiger partial charge in [-0.05, 0) is 67.8 Å². The van der Waals surface area contributed by atoms with Gasteiger partial charge >= 0.3 is 6.03 Å². The van der Waals surface area contributed by atoms with Crippen LogP contribution in [0.4, 0.5) is 10.5 Å². The van der Waals surface area contributed by atoms with Crippen LogP contribution in [0.1, 0.15) is 43.5 Å². The lowest BCUT2D eigenvalue weighted by Crippen LogP contribution is -2.31. The summed E-state index contributed by atoms with van der Waals surface area (Å²) in [6.07, 6.45) is 0.479. The lowest BCUT2D eigenvalue weighted by atomic mass is 9.98. The second-order valence-electron chi connectivity index (χ2n) is 9.05. The van der Waals surface area contributed by atoms with Crippen LogP contribution in [0.3, 0.4) is 0 Å². The number of rotatable bonds is 8. The molecule has 186 valence electrons. The third kappa shape index (κ3) is 7.70. The molecule has 0 saturated heterocycles. The Balaban J connectivity index is 1.61. The van der Waals surface area contributed by atoms with Gasteiger partial charge in [0.25, 0.3) is 0 Å². The van der Waals surface area contributed by atoms with Crippen molar-refractivity contribution < 1.29 is 18.3 Å². The van der Waals surface area contributed by atoms with Crippen molar-refractivity contribution in [3.63, 3.8) is 0 Å². The number of urea groups is 1. The lowest BCUT2D eigenvalue weighted by molar-refractivity contribution is 0.0810. The van der Waals surface area contributed by atoms with Crippen molar-refractivity contribution in [2.75, 3.05) is 5.32 Å². The molecule has 9 heteroatoms. The minimum Gasteiger partial charge on any atom is -0.390 e. The summed E-state index contributed by atoms with van der Waals surface area (Å²) in [7, 11) is -3.58. The van der Waals surface area contributed by atoms with Gasteiger partial charge in [0, 0.05) is 12.1 Å². The number of aliphatic hydroxyl groups is 1. The Morgan fingerprint density at radius 2 is 1.57 bits per heavy atom. The minimum absolute atomic E-state index is 0.152. The lowest BCUT2D eigenvalue weighted by Gasteiger charge is -2.17. The van der Waals surface area contributed by atoms with Crippen LogP contribution in [0.15, 0.2) is 71.6 Å². The number of benzene rings is 3. The molecule has 3 aromatic carbocycles. The van der Waals surface area contributed by atoms with Gasteiger partial charge in [-0.3, -0.25) is 0 Å². The number of halogens is 2. The average molecular weight is 535 g/mol. The molecule has 0 unspecified atom stereocenters. The molecule has 0 bridgehead atoms. The van der Waals surface area contributed by atoms with E-state index in [1.807, 2.05) is 12.1 Å². The van der Waals surface area contributed by atoms with Gasteiger partial charge in [0.15, 0.2) is 9.84 Å². The van der Waals surface area contributed by atoms with E-state index in [2.05, 4.69) is 10.6 Å². The molecular weight excluding hydrogens is 507 g/mol. The van der Waals surface area contributed by atoms with E-state index in [0.29, 0.717) is 33.3 Å². The predicted molar refractivity (Wildman–Crippen MR) is 141 cm³/mol. The Kier molecular flexibility index (Phi) is 8.49. The van der Waals surface area contributed by atoms with Crippen molar-refractivity contribution >= 4 is 44.8 Å². The number of carbonyl (C=O) groups excluding carboxylic acids is 1. The van der Waals surface area contributed by atoms with Gasteiger partial charge in [-0.2, -0.15) is 0 Å². The largest absolute Gasteiger partial charge is 0.390 e. The molecule has 0 heterocycles. The molecule has 0 saturated carbocycles. The number of amides is 2. The molecule has 3 rings (SSSR count). The molecular formula is C26H28Cl2N2O4S. The van der Waals surface area contributed by atoms with Crippen molar-refractivity contribution in [1.82, 2.24) is 5.32 Å². The van der Waals surface area contributed by atoms with Gasteiger partial charge < -0.3 is 15.7 Å². The van der Waals surface area contributed by atoms with E-state index in [1.54, 1.807) is 51.1 Å². The first kappa shape index (κ1) is 27.0. The Hall–Kier alpha value is -2.58. The van der Waals surface area contributed by atoms with Crippen molar-refractivity contribution in [3.8, 4) is 0 Å². The summed E-state index contributed by atoms with van der Waals surface area (Å²) < 4.78 is 25.7. The van der Waals surface area contributed by atoms with E-state index < -0.39 is 27.5 Å². The molecule has 0 aromatic heterocycles. The fourth-order valence-corrected chi connectivity index (χ4v) is 5.42. The van der Waals surface area contributed by atoms with Crippen LogP contribution in [-0.2, 0) is 22.0 Å². The Morgan fingerprint density at radius 3 is 2.17 bits per heavy atom. The van der Waals surface area contributed by atoms with E-state index in [-0.39, 0.29) is 10.6 Å². The maximum absolute atomic E-state index is 12.8. The summed E-state index contributed by atoms with van der Waals surface area (Å²) in [5.74, 6) is -0.152. The van der Waals surface area contributed by atoms with Crippen LogP contribution in [0.5, 0.6) is 0 Å². The van der Waals surface area contributed by atoms with Crippen molar-refractivity contribution in [2.24, 2.45) is 0 Å². The van der Waals surface area contributed by atoms with Crippen LogP contribution >= 0.6 is 23.2 Å². The summed E-state index contributed by atoms with van der Waals surface area (Å²) >= 11 is 12.3. The van der Waals surface area contributed by atoms with E-state index in [0.717, 1.165) is 5.56 Å². The third-order valence-corrected chi connectivity index (χ3v) is 7.82. The summed E-state index contributed by atoms with van der Waals surface area (Å²) in [4.78, 5) is 12.6. The van der Waals surface area contributed by atoms with Gasteiger partial charge in [0.1, 0.15) is 0 Å². The monoisotopic (exact) mass is 534 g/mol. The topological polar surface area (TPSA) is 95.5 Å². The standard InChI is InChI=1S/C26H28Cl2N2O4S/c1-17(22-5-4-6-23(27)24(22)28)29-25(31)30-20-11-13-21(14-12-20)35(33,34)16-19-9-7-18(8-10-19)15-26(2,3)32/h4-14,17,32H,15-16H2,1-3H3,(H2,29,30,31)/t17-/m0/s1.